The van der Waals surface area contributed by atoms with E-state index >= 15 is 0 Å². The molecule has 8 heteroatoms. The fraction of sp³-hybridized carbons (Fsp3) is 0.333. The lowest BCUT2D eigenvalue weighted by Crippen LogP contribution is -2.58. The standard InChI is InChI=1S/C21H22F3N5/c22-21(23,24)16-6-4-5-15(13-16)14-7-9-17(10-8-14)29-19(26)27-18(25)28-20(29)11-2-1-3-12-20/h4-10,13H,1-3,11-12H2,(H4,25,26,27,28). The summed E-state index contributed by atoms with van der Waals surface area (Å²) < 4.78 is 39.0. The van der Waals surface area contributed by atoms with Crippen LogP contribution < -0.4 is 16.4 Å². The lowest BCUT2D eigenvalue weighted by molar-refractivity contribution is -0.137. The Hall–Kier alpha value is -3.03. The van der Waals surface area contributed by atoms with Crippen LogP contribution in [0.2, 0.25) is 0 Å². The molecule has 1 saturated carbocycles. The highest BCUT2D eigenvalue weighted by Gasteiger charge is 2.42. The van der Waals surface area contributed by atoms with Gasteiger partial charge in [-0.15, -0.1) is 0 Å². The van der Waals surface area contributed by atoms with E-state index in [9.17, 15) is 13.2 Å². The highest BCUT2D eigenvalue weighted by molar-refractivity contribution is 6.05. The maximum absolute atomic E-state index is 13.0. The molecule has 1 heterocycles. The number of guanidine groups is 2. The Kier molecular flexibility index (Phi) is 4.72. The first kappa shape index (κ1) is 19.3. The second kappa shape index (κ2) is 7.09. The second-order valence-electron chi connectivity index (χ2n) is 7.44. The Morgan fingerprint density at radius 2 is 1.59 bits per heavy atom. The number of hydrogen-bond acceptors (Lipinski definition) is 5. The van der Waals surface area contributed by atoms with Crippen LogP contribution in [0, 0.1) is 0 Å². The first-order valence-corrected chi connectivity index (χ1v) is 9.56. The Bertz CT molecular complexity index is 957. The lowest BCUT2D eigenvalue weighted by Gasteiger charge is -2.45. The fourth-order valence-electron chi connectivity index (χ4n) is 4.17. The number of aliphatic imine (C=N–C) groups is 2. The zero-order chi connectivity index (χ0) is 20.6. The molecule has 2 aromatic carbocycles. The maximum Gasteiger partial charge on any atom is 0.416 e. The molecule has 0 radical (unpaired) electrons. The molecule has 0 atom stereocenters. The zero-order valence-electron chi connectivity index (χ0n) is 15.8. The molecule has 1 fully saturated rings. The molecule has 4 rings (SSSR count). The monoisotopic (exact) mass is 401 g/mol. The van der Waals surface area contributed by atoms with Gasteiger partial charge < -0.3 is 11.5 Å². The molecule has 4 N–H and O–H groups in total. The van der Waals surface area contributed by atoms with E-state index < -0.39 is 17.4 Å². The number of hydrogen-bond donors (Lipinski definition) is 2. The van der Waals surface area contributed by atoms with E-state index in [1.165, 1.54) is 6.07 Å². The molecular formula is C21H22F3N5. The summed E-state index contributed by atoms with van der Waals surface area (Å²) in [6.07, 6.45) is 0.431. The molecule has 0 unspecified atom stereocenters. The van der Waals surface area contributed by atoms with Crippen LogP contribution in [0.3, 0.4) is 0 Å². The molecule has 2 aromatic rings. The molecule has 0 bridgehead atoms. The number of benzene rings is 2. The molecule has 29 heavy (non-hydrogen) atoms. The SMILES string of the molecule is NC1=NC2(CCCCC2)N(c2ccc(-c3cccc(C(F)(F)F)c3)cc2)C(N)=N1. The number of nitrogens with zero attached hydrogens (tertiary/aromatic N) is 3. The average molecular weight is 401 g/mol. The number of rotatable bonds is 2. The minimum Gasteiger partial charge on any atom is -0.369 e. The molecule has 2 aliphatic rings. The molecular weight excluding hydrogens is 379 g/mol. The van der Waals surface area contributed by atoms with Gasteiger partial charge in [0.1, 0.15) is 5.66 Å². The molecule has 0 amide bonds. The van der Waals surface area contributed by atoms with Crippen LogP contribution >= 0.6 is 0 Å². The molecule has 1 aliphatic carbocycles. The maximum atomic E-state index is 13.0. The molecule has 0 aromatic heterocycles. The quantitative estimate of drug-likeness (QED) is 0.779. The van der Waals surface area contributed by atoms with Crippen molar-refractivity contribution < 1.29 is 13.2 Å². The van der Waals surface area contributed by atoms with Crippen molar-refractivity contribution in [1.29, 1.82) is 0 Å². The predicted octanol–water partition coefficient (Wildman–Crippen LogP) is 4.48. The molecule has 5 nitrogen and oxygen atoms in total. The fourth-order valence-corrected chi connectivity index (χ4v) is 4.17. The normalized spacial score (nSPS) is 19.1. The number of alkyl halides is 3. The van der Waals surface area contributed by atoms with Crippen molar-refractivity contribution in [3.05, 3.63) is 54.1 Å². The molecule has 152 valence electrons. The second-order valence-corrected chi connectivity index (χ2v) is 7.44. The van der Waals surface area contributed by atoms with Gasteiger partial charge in [0.25, 0.3) is 0 Å². The van der Waals surface area contributed by atoms with Crippen LogP contribution in [0.4, 0.5) is 18.9 Å². The van der Waals surface area contributed by atoms with Crippen molar-refractivity contribution in [2.75, 3.05) is 4.90 Å². The third kappa shape index (κ3) is 3.66. The van der Waals surface area contributed by atoms with Gasteiger partial charge in [-0.3, -0.25) is 4.90 Å². The highest BCUT2D eigenvalue weighted by Crippen LogP contribution is 2.40. The van der Waals surface area contributed by atoms with Crippen molar-refractivity contribution in [2.24, 2.45) is 21.5 Å². The molecule has 0 saturated heterocycles. The Morgan fingerprint density at radius 1 is 0.897 bits per heavy atom. The van der Waals surface area contributed by atoms with Crippen LogP contribution in [0.15, 0.2) is 58.5 Å². The summed E-state index contributed by atoms with van der Waals surface area (Å²) in [5.74, 6) is 0.465. The largest absolute Gasteiger partial charge is 0.416 e. The van der Waals surface area contributed by atoms with Crippen LogP contribution in [0.25, 0.3) is 11.1 Å². The Balaban J connectivity index is 1.68. The molecule has 1 aliphatic heterocycles. The first-order valence-electron chi connectivity index (χ1n) is 9.56. The van der Waals surface area contributed by atoms with Crippen LogP contribution in [0.1, 0.15) is 37.7 Å². The van der Waals surface area contributed by atoms with Gasteiger partial charge in [0.15, 0.2) is 0 Å². The number of halogens is 3. The number of anilines is 1. The topological polar surface area (TPSA) is 80.0 Å². The van der Waals surface area contributed by atoms with Gasteiger partial charge in [0.2, 0.25) is 11.9 Å². The van der Waals surface area contributed by atoms with Crippen LogP contribution in [-0.2, 0) is 6.18 Å². The van der Waals surface area contributed by atoms with Gasteiger partial charge in [0.05, 0.1) is 5.56 Å². The van der Waals surface area contributed by atoms with Crippen molar-refractivity contribution in [3.63, 3.8) is 0 Å². The minimum atomic E-state index is -4.38. The van der Waals surface area contributed by atoms with Crippen LogP contribution in [-0.4, -0.2) is 17.6 Å². The van der Waals surface area contributed by atoms with Gasteiger partial charge >= 0.3 is 6.18 Å². The summed E-state index contributed by atoms with van der Waals surface area (Å²) >= 11 is 0. The molecule has 1 spiro atoms. The third-order valence-electron chi connectivity index (χ3n) is 5.50. The summed E-state index contributed by atoms with van der Waals surface area (Å²) in [6.45, 7) is 0. The van der Waals surface area contributed by atoms with E-state index in [0.717, 1.165) is 49.9 Å². The van der Waals surface area contributed by atoms with Gasteiger partial charge in [-0.2, -0.15) is 18.2 Å². The number of nitrogens with two attached hydrogens (primary N) is 2. The predicted molar refractivity (Wildman–Crippen MR) is 108 cm³/mol. The Morgan fingerprint density at radius 3 is 2.24 bits per heavy atom. The van der Waals surface area contributed by atoms with E-state index in [0.29, 0.717) is 11.1 Å². The highest BCUT2D eigenvalue weighted by atomic mass is 19.4. The smallest absolute Gasteiger partial charge is 0.369 e. The van der Waals surface area contributed by atoms with E-state index in [1.54, 1.807) is 18.2 Å². The minimum absolute atomic E-state index is 0.182. The first-order chi connectivity index (χ1) is 13.8. The van der Waals surface area contributed by atoms with Crippen molar-refractivity contribution in [2.45, 2.75) is 43.9 Å². The van der Waals surface area contributed by atoms with Crippen molar-refractivity contribution in [3.8, 4) is 11.1 Å². The van der Waals surface area contributed by atoms with E-state index in [1.807, 2.05) is 17.0 Å². The van der Waals surface area contributed by atoms with E-state index in [2.05, 4.69) is 9.98 Å². The summed E-state index contributed by atoms with van der Waals surface area (Å²) in [5.41, 5.74) is 12.9. The zero-order valence-corrected chi connectivity index (χ0v) is 15.8. The van der Waals surface area contributed by atoms with Crippen LogP contribution in [0.5, 0.6) is 0 Å². The van der Waals surface area contributed by atoms with Crippen molar-refractivity contribution in [1.82, 2.24) is 0 Å². The third-order valence-corrected chi connectivity index (χ3v) is 5.50. The average Bonchev–Trinajstić information content (AvgIpc) is 2.68. The van der Waals surface area contributed by atoms with Gasteiger partial charge in [0, 0.05) is 5.69 Å². The summed E-state index contributed by atoms with van der Waals surface area (Å²) in [4.78, 5) is 10.7. The van der Waals surface area contributed by atoms with Gasteiger partial charge in [-0.05, 0) is 61.1 Å². The van der Waals surface area contributed by atoms with Crippen molar-refractivity contribution >= 4 is 17.6 Å². The Labute approximate surface area is 166 Å². The summed E-state index contributed by atoms with van der Waals surface area (Å²) in [7, 11) is 0. The van der Waals surface area contributed by atoms with Gasteiger partial charge in [-0.25, -0.2) is 4.99 Å². The summed E-state index contributed by atoms with van der Waals surface area (Å²) in [5, 5.41) is 0. The summed E-state index contributed by atoms with van der Waals surface area (Å²) in [6, 6.07) is 12.5. The van der Waals surface area contributed by atoms with E-state index in [4.69, 9.17) is 11.5 Å². The van der Waals surface area contributed by atoms with E-state index in [-0.39, 0.29) is 11.9 Å². The lowest BCUT2D eigenvalue weighted by atomic mass is 9.87. The van der Waals surface area contributed by atoms with Gasteiger partial charge in [-0.1, -0.05) is 30.7 Å².